The van der Waals surface area contributed by atoms with Crippen LogP contribution in [-0.2, 0) is 0 Å². The molecule has 0 bridgehead atoms. The van der Waals surface area contributed by atoms with E-state index in [0.717, 1.165) is 4.96 Å². The van der Waals surface area contributed by atoms with Gasteiger partial charge in [0, 0.05) is 0 Å². The Morgan fingerprint density at radius 2 is 2.40 bits per heavy atom. The van der Waals surface area contributed by atoms with Gasteiger partial charge < -0.3 is 5.73 Å². The number of fused-ring (bicyclic) bond motifs is 1. The summed E-state index contributed by atoms with van der Waals surface area (Å²) < 4.78 is 1.54. The van der Waals surface area contributed by atoms with Gasteiger partial charge in [-0.25, -0.2) is 0 Å². The molecule has 0 amide bonds. The number of hydrogen-bond donors (Lipinski definition) is 1. The molecule has 2 heterocycles. The Balaban J connectivity index is 0.000000500. The molecule has 0 saturated heterocycles. The first-order chi connectivity index (χ1) is 4.36. The second-order valence-corrected chi connectivity index (χ2v) is 2.49. The highest BCUT2D eigenvalue weighted by molar-refractivity contribution is 7.20. The first kappa shape index (κ1) is 7.23. The van der Waals surface area contributed by atoms with Crippen LogP contribution in [0.2, 0.25) is 0 Å². The van der Waals surface area contributed by atoms with E-state index < -0.39 is 0 Å². The molecule has 0 aliphatic rings. The molecule has 54 valence electrons. The Bertz CT molecular complexity index is 298. The van der Waals surface area contributed by atoms with E-state index in [9.17, 15) is 0 Å². The molecule has 2 aromatic heterocycles. The van der Waals surface area contributed by atoms with Gasteiger partial charge in [0.05, 0.1) is 0 Å². The Morgan fingerprint density at radius 3 is 3.10 bits per heavy atom. The van der Waals surface area contributed by atoms with Crippen molar-refractivity contribution in [2.45, 2.75) is 0 Å². The zero-order chi connectivity index (χ0) is 6.27. The fourth-order valence-electron chi connectivity index (χ4n) is 0.575. The van der Waals surface area contributed by atoms with Crippen LogP contribution in [0.1, 0.15) is 0 Å². The van der Waals surface area contributed by atoms with Crippen LogP contribution >= 0.6 is 23.7 Å². The lowest BCUT2D eigenvalue weighted by molar-refractivity contribution is 0.962. The van der Waals surface area contributed by atoms with Gasteiger partial charge in [-0.2, -0.15) is 4.52 Å². The molecule has 10 heavy (non-hydrogen) atoms. The number of aromatic nitrogens is 4. The lowest BCUT2D eigenvalue weighted by Crippen LogP contribution is -1.85. The van der Waals surface area contributed by atoms with Crippen LogP contribution in [0.4, 0.5) is 5.13 Å². The quantitative estimate of drug-likeness (QED) is 0.624. The summed E-state index contributed by atoms with van der Waals surface area (Å²) in [5.74, 6) is 0. The van der Waals surface area contributed by atoms with Gasteiger partial charge in [0.25, 0.3) is 0 Å². The lowest BCUT2D eigenvalue weighted by Gasteiger charge is -1.71. The minimum Gasteiger partial charge on any atom is -0.374 e. The molecule has 2 rings (SSSR count). The molecule has 0 atom stereocenters. The lowest BCUT2D eigenvalue weighted by atomic mass is 11.2. The van der Waals surface area contributed by atoms with Crippen LogP contribution < -0.4 is 5.73 Å². The van der Waals surface area contributed by atoms with E-state index in [1.807, 2.05) is 0 Å². The fourth-order valence-corrected chi connectivity index (χ4v) is 1.16. The molecule has 0 aliphatic heterocycles. The summed E-state index contributed by atoms with van der Waals surface area (Å²) in [5.41, 5.74) is 5.35. The molecule has 0 aliphatic carbocycles. The van der Waals surface area contributed by atoms with Crippen LogP contribution in [0.15, 0.2) is 6.33 Å². The molecule has 5 nitrogen and oxygen atoms in total. The normalized spacial score (nSPS) is 9.60. The van der Waals surface area contributed by atoms with Gasteiger partial charge in [-0.3, -0.25) is 0 Å². The molecule has 0 radical (unpaired) electrons. The van der Waals surface area contributed by atoms with Gasteiger partial charge in [0.2, 0.25) is 10.1 Å². The van der Waals surface area contributed by atoms with Crippen LogP contribution in [0.25, 0.3) is 4.96 Å². The summed E-state index contributed by atoms with van der Waals surface area (Å²) >= 11 is 1.31. The molecule has 0 unspecified atom stereocenters. The Hall–Kier alpha value is -0.880. The molecule has 2 N–H and O–H groups in total. The van der Waals surface area contributed by atoms with Crippen molar-refractivity contribution in [2.75, 3.05) is 5.73 Å². The summed E-state index contributed by atoms with van der Waals surface area (Å²) in [5, 5.41) is 11.7. The molecule has 7 heteroatoms. The van der Waals surface area contributed by atoms with Crippen molar-refractivity contribution in [2.24, 2.45) is 0 Å². The van der Waals surface area contributed by atoms with E-state index in [0.29, 0.717) is 5.13 Å². The second-order valence-electron chi connectivity index (χ2n) is 1.50. The molecule has 2 aromatic rings. The Morgan fingerprint density at radius 1 is 1.60 bits per heavy atom. The number of nitrogens with zero attached hydrogens (tertiary/aromatic N) is 4. The summed E-state index contributed by atoms with van der Waals surface area (Å²) in [6.07, 6.45) is 1.52. The van der Waals surface area contributed by atoms with Crippen molar-refractivity contribution in [3.05, 3.63) is 6.33 Å². The van der Waals surface area contributed by atoms with Crippen LogP contribution in [0, 0.1) is 0 Å². The Labute approximate surface area is 66.3 Å². The van der Waals surface area contributed by atoms with Gasteiger partial charge in [-0.15, -0.1) is 27.7 Å². The van der Waals surface area contributed by atoms with Crippen LogP contribution in [0.5, 0.6) is 0 Å². The minimum atomic E-state index is 0. The van der Waals surface area contributed by atoms with Crippen molar-refractivity contribution in [3.63, 3.8) is 0 Å². The third kappa shape index (κ3) is 0.910. The third-order valence-electron chi connectivity index (χ3n) is 0.902. The van der Waals surface area contributed by atoms with Crippen molar-refractivity contribution in [3.8, 4) is 0 Å². The standard InChI is InChI=1S/C3H3N5S.ClH/c4-2-7-8-1-5-6-3(8)9-2;/h1H,(H2,4,7);1H. The van der Waals surface area contributed by atoms with Crippen LogP contribution in [-0.4, -0.2) is 19.8 Å². The largest absolute Gasteiger partial charge is 0.374 e. The minimum absolute atomic E-state index is 0. The average Bonchev–Trinajstić information content (AvgIpc) is 2.22. The number of nitrogens with two attached hydrogens (primary N) is 1. The van der Waals surface area contributed by atoms with Crippen molar-refractivity contribution < 1.29 is 0 Å². The first-order valence-corrected chi connectivity index (χ1v) is 3.10. The summed E-state index contributed by atoms with van der Waals surface area (Å²) in [7, 11) is 0. The molecular formula is C3H4ClN5S. The van der Waals surface area contributed by atoms with Crippen molar-refractivity contribution in [1.82, 2.24) is 19.8 Å². The molecular weight excluding hydrogens is 174 g/mol. The van der Waals surface area contributed by atoms with E-state index in [2.05, 4.69) is 15.3 Å². The summed E-state index contributed by atoms with van der Waals surface area (Å²) in [6.45, 7) is 0. The highest BCUT2D eigenvalue weighted by atomic mass is 35.5. The van der Waals surface area contributed by atoms with Crippen LogP contribution in [0.3, 0.4) is 0 Å². The topological polar surface area (TPSA) is 69.1 Å². The van der Waals surface area contributed by atoms with E-state index in [4.69, 9.17) is 5.73 Å². The molecule has 0 aromatic carbocycles. The van der Waals surface area contributed by atoms with Gasteiger partial charge in [-0.1, -0.05) is 11.3 Å². The number of hydrogen-bond acceptors (Lipinski definition) is 5. The highest BCUT2D eigenvalue weighted by Gasteiger charge is 1.98. The predicted octanol–water partition coefficient (Wildman–Crippen LogP) is 0.190. The van der Waals surface area contributed by atoms with Gasteiger partial charge in [-0.05, 0) is 0 Å². The number of anilines is 1. The zero-order valence-electron chi connectivity index (χ0n) is 4.76. The average molecular weight is 178 g/mol. The number of nitrogen functional groups attached to an aromatic ring is 1. The van der Waals surface area contributed by atoms with Crippen molar-refractivity contribution in [1.29, 1.82) is 0 Å². The highest BCUT2D eigenvalue weighted by Crippen LogP contribution is 2.11. The van der Waals surface area contributed by atoms with Crippen molar-refractivity contribution >= 4 is 33.8 Å². The summed E-state index contributed by atoms with van der Waals surface area (Å²) in [4.78, 5) is 0.729. The van der Waals surface area contributed by atoms with E-state index in [1.165, 1.54) is 17.7 Å². The zero-order valence-corrected chi connectivity index (χ0v) is 6.39. The third-order valence-corrected chi connectivity index (χ3v) is 1.64. The maximum absolute atomic E-state index is 5.35. The molecule has 0 spiro atoms. The first-order valence-electron chi connectivity index (χ1n) is 2.28. The maximum Gasteiger partial charge on any atom is 0.236 e. The second kappa shape index (κ2) is 2.39. The Kier molecular flexibility index (Phi) is 1.73. The monoisotopic (exact) mass is 177 g/mol. The van der Waals surface area contributed by atoms with E-state index in [-0.39, 0.29) is 12.4 Å². The number of rotatable bonds is 0. The van der Waals surface area contributed by atoms with Gasteiger partial charge >= 0.3 is 0 Å². The van der Waals surface area contributed by atoms with E-state index in [1.54, 1.807) is 4.52 Å². The molecule has 0 fully saturated rings. The van der Waals surface area contributed by atoms with Gasteiger partial charge in [0.1, 0.15) is 6.33 Å². The van der Waals surface area contributed by atoms with Gasteiger partial charge in [0.15, 0.2) is 0 Å². The molecule has 0 saturated carbocycles. The fraction of sp³-hybridized carbons (Fsp3) is 0. The smallest absolute Gasteiger partial charge is 0.236 e. The predicted molar refractivity (Wildman–Crippen MR) is 40.3 cm³/mol. The summed E-state index contributed by atoms with van der Waals surface area (Å²) in [6, 6.07) is 0. The van der Waals surface area contributed by atoms with E-state index >= 15 is 0 Å². The SMILES string of the molecule is Cl.Nc1nn2cnnc2s1. The number of halogens is 1. The maximum atomic E-state index is 5.35.